The van der Waals surface area contributed by atoms with Crippen LogP contribution in [-0.4, -0.2) is 11.1 Å². The third-order valence-electron chi connectivity index (χ3n) is 2.76. The molecule has 1 aromatic carbocycles. The van der Waals surface area contributed by atoms with E-state index in [0.717, 1.165) is 21.3 Å². The van der Waals surface area contributed by atoms with E-state index in [4.69, 9.17) is 9.52 Å². The Morgan fingerprint density at radius 3 is 2.63 bits per heavy atom. The first-order chi connectivity index (χ1) is 8.95. The standard InChI is InChI=1S/C14H14BrNO3/c1-8-3-11(15)6-12(4-8)16-7-10-5-13(14(17)18)19-9(10)2/h3-6,16H,7H2,1-2H3,(H,17,18). The summed E-state index contributed by atoms with van der Waals surface area (Å²) in [5.74, 6) is -0.455. The Morgan fingerprint density at radius 1 is 1.32 bits per heavy atom. The van der Waals surface area contributed by atoms with Gasteiger partial charge in [-0.1, -0.05) is 15.9 Å². The molecule has 0 radical (unpaired) electrons. The highest BCUT2D eigenvalue weighted by Gasteiger charge is 2.12. The van der Waals surface area contributed by atoms with E-state index in [0.29, 0.717) is 12.3 Å². The minimum Gasteiger partial charge on any atom is -0.475 e. The number of carboxylic acid groups (broad SMARTS) is 1. The molecule has 100 valence electrons. The van der Waals surface area contributed by atoms with Crippen LogP contribution in [0.1, 0.15) is 27.4 Å². The first-order valence-electron chi connectivity index (χ1n) is 5.79. The Bertz CT molecular complexity index is 599. The number of furan rings is 1. The Kier molecular flexibility index (Phi) is 3.95. The van der Waals surface area contributed by atoms with Crippen molar-refractivity contribution in [3.8, 4) is 0 Å². The topological polar surface area (TPSA) is 62.5 Å². The van der Waals surface area contributed by atoms with Gasteiger partial charge in [-0.15, -0.1) is 0 Å². The number of halogens is 1. The van der Waals surface area contributed by atoms with Crippen LogP contribution in [0.2, 0.25) is 0 Å². The average molecular weight is 324 g/mol. The van der Waals surface area contributed by atoms with Crippen molar-refractivity contribution < 1.29 is 14.3 Å². The molecule has 0 aliphatic rings. The largest absolute Gasteiger partial charge is 0.475 e. The highest BCUT2D eigenvalue weighted by Crippen LogP contribution is 2.21. The van der Waals surface area contributed by atoms with E-state index in [-0.39, 0.29) is 5.76 Å². The van der Waals surface area contributed by atoms with Crippen LogP contribution in [0.4, 0.5) is 5.69 Å². The molecule has 0 aliphatic carbocycles. The molecule has 2 N–H and O–H groups in total. The van der Waals surface area contributed by atoms with Crippen LogP contribution in [0, 0.1) is 13.8 Å². The molecule has 5 heteroatoms. The van der Waals surface area contributed by atoms with Gasteiger partial charge in [-0.3, -0.25) is 0 Å². The van der Waals surface area contributed by atoms with Gasteiger partial charge < -0.3 is 14.8 Å². The van der Waals surface area contributed by atoms with Crippen LogP contribution in [0.25, 0.3) is 0 Å². The highest BCUT2D eigenvalue weighted by molar-refractivity contribution is 9.10. The number of nitrogens with one attached hydrogen (secondary N) is 1. The molecule has 1 aromatic heterocycles. The molecular weight excluding hydrogens is 310 g/mol. The van der Waals surface area contributed by atoms with E-state index in [2.05, 4.69) is 21.2 Å². The molecule has 19 heavy (non-hydrogen) atoms. The molecule has 2 rings (SSSR count). The minimum atomic E-state index is -1.05. The Labute approximate surface area is 119 Å². The lowest BCUT2D eigenvalue weighted by Gasteiger charge is -2.07. The van der Waals surface area contributed by atoms with Gasteiger partial charge in [-0.05, 0) is 43.7 Å². The molecule has 0 amide bonds. The summed E-state index contributed by atoms with van der Waals surface area (Å²) in [6, 6.07) is 7.57. The van der Waals surface area contributed by atoms with Crippen molar-refractivity contribution in [1.82, 2.24) is 0 Å². The molecular formula is C14H14BrNO3. The maximum Gasteiger partial charge on any atom is 0.371 e. The zero-order valence-electron chi connectivity index (χ0n) is 10.7. The SMILES string of the molecule is Cc1cc(Br)cc(NCc2cc(C(=O)O)oc2C)c1. The lowest BCUT2D eigenvalue weighted by atomic mass is 10.2. The van der Waals surface area contributed by atoms with Crippen molar-refractivity contribution in [2.45, 2.75) is 20.4 Å². The fourth-order valence-corrected chi connectivity index (χ4v) is 2.44. The maximum absolute atomic E-state index is 10.8. The van der Waals surface area contributed by atoms with Crippen molar-refractivity contribution in [3.63, 3.8) is 0 Å². The summed E-state index contributed by atoms with van der Waals surface area (Å²) < 4.78 is 6.17. The Hall–Kier alpha value is -1.75. The molecule has 2 aromatic rings. The predicted molar refractivity (Wildman–Crippen MR) is 76.6 cm³/mol. The van der Waals surface area contributed by atoms with Crippen molar-refractivity contribution in [1.29, 1.82) is 0 Å². The van der Waals surface area contributed by atoms with Gasteiger partial charge in [-0.2, -0.15) is 0 Å². The summed E-state index contributed by atoms with van der Waals surface area (Å²) in [7, 11) is 0. The third kappa shape index (κ3) is 3.38. The molecule has 0 bridgehead atoms. The molecule has 0 atom stereocenters. The van der Waals surface area contributed by atoms with E-state index in [1.807, 2.05) is 25.1 Å². The Balaban J connectivity index is 2.12. The second-order valence-corrected chi connectivity index (χ2v) is 5.28. The summed E-state index contributed by atoms with van der Waals surface area (Å²) in [5, 5.41) is 12.1. The quantitative estimate of drug-likeness (QED) is 0.893. The van der Waals surface area contributed by atoms with Gasteiger partial charge >= 0.3 is 5.97 Å². The third-order valence-corrected chi connectivity index (χ3v) is 3.21. The van der Waals surface area contributed by atoms with E-state index in [1.54, 1.807) is 13.0 Å². The molecule has 0 saturated heterocycles. The summed E-state index contributed by atoms with van der Waals surface area (Å²) >= 11 is 3.44. The predicted octanol–water partition coefficient (Wildman–Crippen LogP) is 3.97. The van der Waals surface area contributed by atoms with E-state index >= 15 is 0 Å². The second-order valence-electron chi connectivity index (χ2n) is 4.37. The van der Waals surface area contributed by atoms with Crippen LogP contribution < -0.4 is 5.32 Å². The fourth-order valence-electron chi connectivity index (χ4n) is 1.84. The smallest absolute Gasteiger partial charge is 0.371 e. The number of carboxylic acids is 1. The Morgan fingerprint density at radius 2 is 2.05 bits per heavy atom. The van der Waals surface area contributed by atoms with Crippen LogP contribution in [0.5, 0.6) is 0 Å². The van der Waals surface area contributed by atoms with Gasteiger partial charge in [0, 0.05) is 22.3 Å². The normalized spacial score (nSPS) is 10.5. The summed E-state index contributed by atoms with van der Waals surface area (Å²) in [6.45, 7) is 4.30. The minimum absolute atomic E-state index is 0.0280. The van der Waals surface area contributed by atoms with Gasteiger partial charge in [0.05, 0.1) is 0 Å². The first kappa shape index (κ1) is 13.7. The molecule has 4 nitrogen and oxygen atoms in total. The number of hydrogen-bond acceptors (Lipinski definition) is 3. The van der Waals surface area contributed by atoms with Gasteiger partial charge in [0.15, 0.2) is 0 Å². The number of benzene rings is 1. The molecule has 0 spiro atoms. The van der Waals surface area contributed by atoms with E-state index < -0.39 is 5.97 Å². The summed E-state index contributed by atoms with van der Waals surface area (Å²) in [6.07, 6.45) is 0. The molecule has 0 fully saturated rings. The maximum atomic E-state index is 10.8. The number of rotatable bonds is 4. The van der Waals surface area contributed by atoms with Gasteiger partial charge in [0.1, 0.15) is 5.76 Å². The summed E-state index contributed by atoms with van der Waals surface area (Å²) in [5.41, 5.74) is 2.96. The van der Waals surface area contributed by atoms with Crippen LogP contribution >= 0.6 is 15.9 Å². The number of hydrogen-bond donors (Lipinski definition) is 2. The second kappa shape index (κ2) is 5.48. The van der Waals surface area contributed by atoms with Gasteiger partial charge in [-0.25, -0.2) is 4.79 Å². The van der Waals surface area contributed by atoms with Crippen molar-refractivity contribution in [2.75, 3.05) is 5.32 Å². The fraction of sp³-hybridized carbons (Fsp3) is 0.214. The van der Waals surface area contributed by atoms with Crippen LogP contribution in [0.3, 0.4) is 0 Å². The van der Waals surface area contributed by atoms with Gasteiger partial charge in [0.2, 0.25) is 5.76 Å². The van der Waals surface area contributed by atoms with Crippen molar-refractivity contribution >= 4 is 27.6 Å². The number of aryl methyl sites for hydroxylation is 2. The lowest BCUT2D eigenvalue weighted by molar-refractivity contribution is 0.0661. The van der Waals surface area contributed by atoms with Crippen molar-refractivity contribution in [3.05, 3.63) is 51.4 Å². The number of aromatic carboxylic acids is 1. The molecule has 0 saturated carbocycles. The van der Waals surface area contributed by atoms with Gasteiger partial charge in [0.25, 0.3) is 0 Å². The van der Waals surface area contributed by atoms with Crippen LogP contribution in [-0.2, 0) is 6.54 Å². The number of carbonyl (C=O) groups is 1. The first-order valence-corrected chi connectivity index (χ1v) is 6.58. The number of anilines is 1. The van der Waals surface area contributed by atoms with Crippen molar-refractivity contribution in [2.24, 2.45) is 0 Å². The summed E-state index contributed by atoms with van der Waals surface area (Å²) in [4.78, 5) is 10.8. The average Bonchev–Trinajstić information content (AvgIpc) is 2.67. The zero-order chi connectivity index (χ0) is 14.0. The lowest BCUT2D eigenvalue weighted by Crippen LogP contribution is -2.00. The molecule has 1 heterocycles. The molecule has 0 aliphatic heterocycles. The highest BCUT2D eigenvalue weighted by atomic mass is 79.9. The van der Waals surface area contributed by atoms with Crippen LogP contribution in [0.15, 0.2) is 33.2 Å². The molecule has 0 unspecified atom stereocenters. The monoisotopic (exact) mass is 323 g/mol. The van der Waals surface area contributed by atoms with E-state index in [1.165, 1.54) is 0 Å². The zero-order valence-corrected chi connectivity index (χ0v) is 12.2. The van der Waals surface area contributed by atoms with E-state index in [9.17, 15) is 4.79 Å².